The lowest BCUT2D eigenvalue weighted by Gasteiger charge is -2.18. The third-order valence-electron chi connectivity index (χ3n) is 2.71. The minimum atomic E-state index is 0.394. The molecule has 0 saturated carbocycles. The Morgan fingerprint density at radius 2 is 2.11 bits per heavy atom. The van der Waals surface area contributed by atoms with Crippen LogP contribution in [-0.2, 0) is 6.54 Å². The van der Waals surface area contributed by atoms with Gasteiger partial charge in [-0.05, 0) is 37.3 Å². The van der Waals surface area contributed by atoms with Crippen molar-refractivity contribution in [2.45, 2.75) is 47.1 Å². The Hall–Kier alpha value is -1.45. The van der Waals surface area contributed by atoms with Crippen LogP contribution in [0.4, 0.5) is 0 Å². The number of nitrogens with one attached hydrogen (secondary N) is 2. The summed E-state index contributed by atoms with van der Waals surface area (Å²) in [6.07, 6.45) is 4.03. The maximum atomic E-state index is 5.27. The molecule has 0 atom stereocenters. The maximum Gasteiger partial charge on any atom is 0.191 e. The summed E-state index contributed by atoms with van der Waals surface area (Å²) in [6.45, 7) is 11.3. The van der Waals surface area contributed by atoms with E-state index in [2.05, 4.69) is 43.3 Å². The van der Waals surface area contributed by atoms with Gasteiger partial charge in [-0.3, -0.25) is 0 Å². The van der Waals surface area contributed by atoms with Gasteiger partial charge in [0, 0.05) is 13.1 Å². The van der Waals surface area contributed by atoms with Gasteiger partial charge in [0.2, 0.25) is 0 Å². The van der Waals surface area contributed by atoms with Gasteiger partial charge in [-0.25, -0.2) is 4.99 Å². The molecule has 0 amide bonds. The van der Waals surface area contributed by atoms with Crippen molar-refractivity contribution in [3.8, 4) is 0 Å². The normalized spacial score (nSPS) is 12.5. The van der Waals surface area contributed by atoms with Gasteiger partial charge in [-0.15, -0.1) is 0 Å². The van der Waals surface area contributed by atoms with Crippen molar-refractivity contribution in [1.29, 1.82) is 0 Å². The predicted molar refractivity (Wildman–Crippen MR) is 80.2 cm³/mol. The van der Waals surface area contributed by atoms with E-state index in [4.69, 9.17) is 4.42 Å². The second-order valence-electron chi connectivity index (χ2n) is 5.87. The predicted octanol–water partition coefficient (Wildman–Crippen LogP) is 3.16. The molecule has 0 aromatic carbocycles. The fraction of sp³-hybridized carbons (Fsp3) is 0.667. The van der Waals surface area contributed by atoms with E-state index in [9.17, 15) is 0 Å². The maximum absolute atomic E-state index is 5.27. The number of hydrogen-bond acceptors (Lipinski definition) is 2. The first-order valence-corrected chi connectivity index (χ1v) is 7.06. The molecule has 1 heterocycles. The Balaban J connectivity index is 2.33. The molecule has 19 heavy (non-hydrogen) atoms. The Morgan fingerprint density at radius 3 is 2.68 bits per heavy atom. The summed E-state index contributed by atoms with van der Waals surface area (Å²) in [7, 11) is 0. The highest BCUT2D eigenvalue weighted by Gasteiger charge is 2.09. The lowest BCUT2D eigenvalue weighted by Crippen LogP contribution is -2.38. The van der Waals surface area contributed by atoms with Crippen molar-refractivity contribution in [1.82, 2.24) is 10.6 Å². The molecule has 0 unspecified atom stereocenters. The van der Waals surface area contributed by atoms with Gasteiger partial charge in [0.25, 0.3) is 0 Å². The summed E-state index contributed by atoms with van der Waals surface area (Å²) >= 11 is 0. The first-order chi connectivity index (χ1) is 9.01. The van der Waals surface area contributed by atoms with Gasteiger partial charge in [0.15, 0.2) is 5.96 Å². The molecule has 4 heteroatoms. The summed E-state index contributed by atoms with van der Waals surface area (Å²) < 4.78 is 5.27. The summed E-state index contributed by atoms with van der Waals surface area (Å²) in [5, 5.41) is 6.59. The minimum Gasteiger partial charge on any atom is -0.467 e. The van der Waals surface area contributed by atoms with Crippen molar-refractivity contribution in [3.05, 3.63) is 24.2 Å². The molecule has 4 nitrogen and oxygen atoms in total. The molecular weight excluding hydrogens is 238 g/mol. The molecule has 0 aliphatic carbocycles. The fourth-order valence-electron chi connectivity index (χ4n) is 1.73. The highest BCUT2D eigenvalue weighted by atomic mass is 16.3. The van der Waals surface area contributed by atoms with Crippen LogP contribution < -0.4 is 10.6 Å². The van der Waals surface area contributed by atoms with E-state index in [1.807, 2.05) is 12.1 Å². The highest BCUT2D eigenvalue weighted by Crippen LogP contribution is 2.19. The SMILES string of the molecule is CCNC(=NCc1ccco1)NCCCC(C)(C)C. The smallest absolute Gasteiger partial charge is 0.191 e. The Kier molecular flexibility index (Phi) is 6.46. The molecule has 1 aromatic heterocycles. The second-order valence-corrected chi connectivity index (χ2v) is 5.87. The number of rotatable bonds is 6. The van der Waals surface area contributed by atoms with Gasteiger partial charge < -0.3 is 15.1 Å². The zero-order chi connectivity index (χ0) is 14.1. The largest absolute Gasteiger partial charge is 0.467 e. The van der Waals surface area contributed by atoms with E-state index < -0.39 is 0 Å². The molecule has 2 N–H and O–H groups in total. The van der Waals surface area contributed by atoms with Crippen LogP contribution in [0.2, 0.25) is 0 Å². The van der Waals surface area contributed by atoms with Crippen molar-refractivity contribution in [3.63, 3.8) is 0 Å². The van der Waals surface area contributed by atoms with Crippen LogP contribution in [0.1, 0.15) is 46.3 Å². The summed E-state index contributed by atoms with van der Waals surface area (Å²) in [6, 6.07) is 3.82. The van der Waals surface area contributed by atoms with E-state index in [1.165, 1.54) is 6.42 Å². The molecule has 0 bridgehead atoms. The second kappa shape index (κ2) is 7.87. The Morgan fingerprint density at radius 1 is 1.32 bits per heavy atom. The molecule has 1 rings (SSSR count). The molecular formula is C15H27N3O. The molecule has 0 aliphatic heterocycles. The quantitative estimate of drug-likeness (QED) is 0.472. The molecule has 0 spiro atoms. The zero-order valence-corrected chi connectivity index (χ0v) is 12.6. The lowest BCUT2D eigenvalue weighted by molar-refractivity contribution is 0.365. The third kappa shape index (κ3) is 7.54. The summed E-state index contributed by atoms with van der Waals surface area (Å²) in [5.74, 6) is 1.74. The van der Waals surface area contributed by atoms with Gasteiger partial charge in [-0.2, -0.15) is 0 Å². The molecule has 0 radical (unpaired) electrons. The van der Waals surface area contributed by atoms with Crippen LogP contribution in [0.25, 0.3) is 0 Å². The van der Waals surface area contributed by atoms with E-state index in [1.54, 1.807) is 6.26 Å². The molecule has 0 aliphatic rings. The van der Waals surface area contributed by atoms with Crippen LogP contribution in [0, 0.1) is 5.41 Å². The average Bonchev–Trinajstić information content (AvgIpc) is 2.83. The first kappa shape index (κ1) is 15.6. The van der Waals surface area contributed by atoms with Crippen molar-refractivity contribution in [2.24, 2.45) is 10.4 Å². The first-order valence-electron chi connectivity index (χ1n) is 7.06. The van der Waals surface area contributed by atoms with Crippen molar-refractivity contribution in [2.75, 3.05) is 13.1 Å². The minimum absolute atomic E-state index is 0.394. The topological polar surface area (TPSA) is 49.6 Å². The number of nitrogens with zero attached hydrogens (tertiary/aromatic N) is 1. The lowest BCUT2D eigenvalue weighted by atomic mass is 9.91. The van der Waals surface area contributed by atoms with E-state index >= 15 is 0 Å². The van der Waals surface area contributed by atoms with Crippen molar-refractivity contribution >= 4 is 5.96 Å². The van der Waals surface area contributed by atoms with Gasteiger partial charge >= 0.3 is 0 Å². The zero-order valence-electron chi connectivity index (χ0n) is 12.6. The monoisotopic (exact) mass is 265 g/mol. The fourth-order valence-corrected chi connectivity index (χ4v) is 1.73. The van der Waals surface area contributed by atoms with E-state index in [0.717, 1.165) is 31.2 Å². The highest BCUT2D eigenvalue weighted by molar-refractivity contribution is 5.79. The summed E-state index contributed by atoms with van der Waals surface area (Å²) in [5.41, 5.74) is 0.394. The molecule has 0 saturated heterocycles. The van der Waals surface area contributed by atoms with Crippen LogP contribution in [-0.4, -0.2) is 19.0 Å². The van der Waals surface area contributed by atoms with Crippen molar-refractivity contribution < 1.29 is 4.42 Å². The van der Waals surface area contributed by atoms with Gasteiger partial charge in [-0.1, -0.05) is 20.8 Å². The average molecular weight is 265 g/mol. The Labute approximate surface area is 116 Å². The number of hydrogen-bond donors (Lipinski definition) is 2. The standard InChI is InChI=1S/C15H27N3O/c1-5-16-14(17-10-7-9-15(2,3)4)18-12-13-8-6-11-19-13/h6,8,11H,5,7,9-10,12H2,1-4H3,(H2,16,17,18). The van der Waals surface area contributed by atoms with Gasteiger partial charge in [0.1, 0.15) is 12.3 Å². The van der Waals surface area contributed by atoms with Crippen LogP contribution in [0.5, 0.6) is 0 Å². The van der Waals surface area contributed by atoms with Gasteiger partial charge in [0.05, 0.1) is 6.26 Å². The Bertz CT molecular complexity index is 363. The summed E-state index contributed by atoms with van der Waals surface area (Å²) in [4.78, 5) is 4.49. The number of aliphatic imine (C=N–C) groups is 1. The molecule has 1 aromatic rings. The number of guanidine groups is 1. The van der Waals surface area contributed by atoms with E-state index in [0.29, 0.717) is 12.0 Å². The van der Waals surface area contributed by atoms with E-state index in [-0.39, 0.29) is 0 Å². The third-order valence-corrected chi connectivity index (χ3v) is 2.71. The van der Waals surface area contributed by atoms with Crippen LogP contribution in [0.15, 0.2) is 27.8 Å². The van der Waals surface area contributed by atoms with Crippen LogP contribution >= 0.6 is 0 Å². The molecule has 0 fully saturated rings. The van der Waals surface area contributed by atoms with Crippen LogP contribution in [0.3, 0.4) is 0 Å². The molecule has 108 valence electrons. The number of furan rings is 1.